The van der Waals surface area contributed by atoms with Gasteiger partial charge in [0, 0.05) is 6.04 Å². The molecule has 0 aromatic rings. The van der Waals surface area contributed by atoms with E-state index in [-0.39, 0.29) is 0 Å². The smallest absolute Gasteiger partial charge is 0.00414 e. The molecular formula is C15H29N. The van der Waals surface area contributed by atoms with Crippen molar-refractivity contribution in [1.82, 2.24) is 5.32 Å². The zero-order chi connectivity index (χ0) is 11.4. The first kappa shape index (κ1) is 12.4. The average molecular weight is 223 g/mol. The largest absolute Gasteiger partial charge is 0.314 e. The van der Waals surface area contributed by atoms with Crippen LogP contribution in [0, 0.1) is 17.8 Å². The third-order valence-corrected chi connectivity index (χ3v) is 4.71. The Balaban J connectivity index is 1.58. The van der Waals surface area contributed by atoms with Gasteiger partial charge in [-0.2, -0.15) is 0 Å². The summed E-state index contributed by atoms with van der Waals surface area (Å²) in [6, 6.07) is 0.752. The molecule has 3 atom stereocenters. The first-order valence-corrected chi connectivity index (χ1v) is 7.47. The van der Waals surface area contributed by atoms with Crippen molar-refractivity contribution in [2.75, 3.05) is 6.54 Å². The minimum absolute atomic E-state index is 0.752. The van der Waals surface area contributed by atoms with Crippen molar-refractivity contribution in [3.63, 3.8) is 0 Å². The SMILES string of the molecule is CC1CCCC(CNC(C)CC2CCC2)C1. The summed E-state index contributed by atoms with van der Waals surface area (Å²) in [5, 5.41) is 3.77. The summed E-state index contributed by atoms with van der Waals surface area (Å²) in [5.74, 6) is 2.99. The predicted octanol–water partition coefficient (Wildman–Crippen LogP) is 3.98. The van der Waals surface area contributed by atoms with E-state index in [1.165, 1.54) is 57.9 Å². The van der Waals surface area contributed by atoms with E-state index in [1.54, 1.807) is 0 Å². The minimum Gasteiger partial charge on any atom is -0.314 e. The van der Waals surface area contributed by atoms with Crippen molar-refractivity contribution in [3.05, 3.63) is 0 Å². The molecule has 0 aromatic heterocycles. The standard InChI is InChI=1S/C15H29N/c1-12-5-3-8-15(9-12)11-16-13(2)10-14-6-4-7-14/h12-16H,3-11H2,1-2H3. The molecule has 0 radical (unpaired) electrons. The molecule has 1 N–H and O–H groups in total. The summed E-state index contributed by atoms with van der Waals surface area (Å²) in [6.45, 7) is 6.08. The van der Waals surface area contributed by atoms with Crippen molar-refractivity contribution < 1.29 is 0 Å². The Kier molecular flexibility index (Phi) is 4.69. The third-order valence-electron chi connectivity index (χ3n) is 4.71. The van der Waals surface area contributed by atoms with E-state index in [0.29, 0.717) is 0 Å². The summed E-state index contributed by atoms with van der Waals surface area (Å²) < 4.78 is 0. The van der Waals surface area contributed by atoms with Gasteiger partial charge in [-0.05, 0) is 50.5 Å². The molecule has 0 aliphatic heterocycles. The number of rotatable bonds is 5. The number of hydrogen-bond donors (Lipinski definition) is 1. The summed E-state index contributed by atoms with van der Waals surface area (Å²) in [4.78, 5) is 0. The van der Waals surface area contributed by atoms with Gasteiger partial charge in [0.2, 0.25) is 0 Å². The van der Waals surface area contributed by atoms with Gasteiger partial charge in [0.05, 0.1) is 0 Å². The quantitative estimate of drug-likeness (QED) is 0.743. The Bertz CT molecular complexity index is 198. The van der Waals surface area contributed by atoms with E-state index < -0.39 is 0 Å². The van der Waals surface area contributed by atoms with Gasteiger partial charge in [0.1, 0.15) is 0 Å². The van der Waals surface area contributed by atoms with Crippen LogP contribution in [0.15, 0.2) is 0 Å². The summed E-state index contributed by atoms with van der Waals surface area (Å²) in [7, 11) is 0. The Hall–Kier alpha value is -0.0400. The lowest BCUT2D eigenvalue weighted by molar-refractivity contribution is 0.239. The van der Waals surface area contributed by atoms with Crippen molar-refractivity contribution in [2.45, 2.75) is 71.3 Å². The maximum Gasteiger partial charge on any atom is 0.00414 e. The van der Waals surface area contributed by atoms with Crippen LogP contribution in [-0.4, -0.2) is 12.6 Å². The van der Waals surface area contributed by atoms with Crippen molar-refractivity contribution in [2.24, 2.45) is 17.8 Å². The first-order valence-electron chi connectivity index (χ1n) is 7.47. The van der Waals surface area contributed by atoms with E-state index in [9.17, 15) is 0 Å². The van der Waals surface area contributed by atoms with Gasteiger partial charge in [0.25, 0.3) is 0 Å². The first-order chi connectivity index (χ1) is 7.74. The molecule has 0 aromatic carbocycles. The van der Waals surface area contributed by atoms with Crippen LogP contribution in [0.5, 0.6) is 0 Å². The van der Waals surface area contributed by atoms with E-state index in [4.69, 9.17) is 0 Å². The molecule has 0 saturated heterocycles. The molecule has 0 spiro atoms. The normalized spacial score (nSPS) is 33.4. The van der Waals surface area contributed by atoms with Gasteiger partial charge in [-0.15, -0.1) is 0 Å². The highest BCUT2D eigenvalue weighted by atomic mass is 14.9. The average Bonchev–Trinajstić information content (AvgIpc) is 2.21. The zero-order valence-corrected chi connectivity index (χ0v) is 11.2. The van der Waals surface area contributed by atoms with Crippen LogP contribution in [0.1, 0.15) is 65.2 Å². The summed E-state index contributed by atoms with van der Waals surface area (Å²) in [5.41, 5.74) is 0. The van der Waals surface area contributed by atoms with Crippen LogP contribution in [0.25, 0.3) is 0 Å². The van der Waals surface area contributed by atoms with Gasteiger partial charge < -0.3 is 5.32 Å². The lowest BCUT2D eigenvalue weighted by Gasteiger charge is -2.31. The number of nitrogens with one attached hydrogen (secondary N) is 1. The summed E-state index contributed by atoms with van der Waals surface area (Å²) in [6.07, 6.45) is 11.7. The Morgan fingerprint density at radius 1 is 1.06 bits per heavy atom. The zero-order valence-electron chi connectivity index (χ0n) is 11.2. The Labute approximate surface area is 101 Å². The molecule has 3 unspecified atom stereocenters. The van der Waals surface area contributed by atoms with Crippen LogP contribution >= 0.6 is 0 Å². The fourth-order valence-electron chi connectivity index (χ4n) is 3.42. The van der Waals surface area contributed by atoms with Gasteiger partial charge in [-0.1, -0.05) is 39.0 Å². The van der Waals surface area contributed by atoms with Crippen LogP contribution in [0.4, 0.5) is 0 Å². The van der Waals surface area contributed by atoms with Crippen LogP contribution < -0.4 is 5.32 Å². The second-order valence-corrected chi connectivity index (χ2v) is 6.48. The van der Waals surface area contributed by atoms with Gasteiger partial charge in [0.15, 0.2) is 0 Å². The lowest BCUT2D eigenvalue weighted by atomic mass is 9.80. The molecule has 2 saturated carbocycles. The maximum absolute atomic E-state index is 3.77. The Morgan fingerprint density at radius 3 is 2.38 bits per heavy atom. The molecule has 94 valence electrons. The van der Waals surface area contributed by atoms with E-state index >= 15 is 0 Å². The second-order valence-electron chi connectivity index (χ2n) is 6.48. The van der Waals surface area contributed by atoms with E-state index in [0.717, 1.165) is 23.8 Å². The molecular weight excluding hydrogens is 194 g/mol. The molecule has 0 heterocycles. The highest BCUT2D eigenvalue weighted by Gasteiger charge is 2.22. The summed E-state index contributed by atoms with van der Waals surface area (Å²) >= 11 is 0. The minimum atomic E-state index is 0.752. The van der Waals surface area contributed by atoms with E-state index in [2.05, 4.69) is 19.2 Å². The van der Waals surface area contributed by atoms with Crippen molar-refractivity contribution in [1.29, 1.82) is 0 Å². The molecule has 2 aliphatic carbocycles. The number of hydrogen-bond acceptors (Lipinski definition) is 1. The van der Waals surface area contributed by atoms with Gasteiger partial charge in [-0.25, -0.2) is 0 Å². The topological polar surface area (TPSA) is 12.0 Å². The van der Waals surface area contributed by atoms with Gasteiger partial charge >= 0.3 is 0 Å². The monoisotopic (exact) mass is 223 g/mol. The maximum atomic E-state index is 3.77. The highest BCUT2D eigenvalue weighted by molar-refractivity contribution is 4.77. The molecule has 2 fully saturated rings. The molecule has 1 nitrogen and oxygen atoms in total. The van der Waals surface area contributed by atoms with Crippen LogP contribution in [-0.2, 0) is 0 Å². The molecule has 16 heavy (non-hydrogen) atoms. The molecule has 1 heteroatoms. The van der Waals surface area contributed by atoms with Crippen LogP contribution in [0.2, 0.25) is 0 Å². The van der Waals surface area contributed by atoms with Crippen LogP contribution in [0.3, 0.4) is 0 Å². The fraction of sp³-hybridized carbons (Fsp3) is 1.00. The molecule has 2 rings (SSSR count). The molecule has 0 bridgehead atoms. The molecule has 2 aliphatic rings. The second kappa shape index (κ2) is 6.05. The fourth-order valence-corrected chi connectivity index (χ4v) is 3.42. The van der Waals surface area contributed by atoms with Gasteiger partial charge in [-0.3, -0.25) is 0 Å². The highest BCUT2D eigenvalue weighted by Crippen LogP contribution is 2.31. The van der Waals surface area contributed by atoms with Crippen molar-refractivity contribution >= 4 is 0 Å². The van der Waals surface area contributed by atoms with E-state index in [1.807, 2.05) is 0 Å². The third kappa shape index (κ3) is 3.76. The Morgan fingerprint density at radius 2 is 1.75 bits per heavy atom. The van der Waals surface area contributed by atoms with Crippen molar-refractivity contribution in [3.8, 4) is 0 Å². The predicted molar refractivity (Wildman–Crippen MR) is 70.5 cm³/mol. The molecule has 0 amide bonds. The lowest BCUT2D eigenvalue weighted by Crippen LogP contribution is -2.35.